The number of para-hydroxylation sites is 1. The molecule has 1 unspecified atom stereocenters. The Morgan fingerprint density at radius 3 is 2.55 bits per heavy atom. The molecule has 2 rings (SSSR count). The van der Waals surface area contributed by atoms with Gasteiger partial charge in [0.2, 0.25) is 11.8 Å². The molecule has 1 aliphatic rings. The summed E-state index contributed by atoms with van der Waals surface area (Å²) in [7, 11) is 0. The molecule has 5 heteroatoms. The van der Waals surface area contributed by atoms with Crippen LogP contribution in [0.5, 0.6) is 5.75 Å². The first kappa shape index (κ1) is 14.4. The summed E-state index contributed by atoms with van der Waals surface area (Å²) in [6.45, 7) is 5.91. The standard InChI is InChI=1S/C15H20N2O3/c1-11-13(18)16-15(2,3)14(19)17(11)9-10-20-12-7-5-4-6-8-12/h4-8,11H,9-10H2,1-3H3,(H,16,18). The summed E-state index contributed by atoms with van der Waals surface area (Å²) in [5, 5.41) is 2.72. The molecular weight excluding hydrogens is 256 g/mol. The fraction of sp³-hybridized carbons (Fsp3) is 0.467. The predicted octanol–water partition coefficient (Wildman–Crippen LogP) is 1.19. The average Bonchev–Trinajstić information content (AvgIpc) is 2.41. The lowest BCUT2D eigenvalue weighted by molar-refractivity contribution is -0.153. The molecular formula is C15H20N2O3. The highest BCUT2D eigenvalue weighted by Gasteiger charge is 2.43. The van der Waals surface area contributed by atoms with E-state index in [-0.39, 0.29) is 11.8 Å². The van der Waals surface area contributed by atoms with Crippen LogP contribution in [0.25, 0.3) is 0 Å². The van der Waals surface area contributed by atoms with Crippen LogP contribution in [0.1, 0.15) is 20.8 Å². The summed E-state index contributed by atoms with van der Waals surface area (Å²) in [6, 6.07) is 8.95. The van der Waals surface area contributed by atoms with Gasteiger partial charge in [-0.3, -0.25) is 9.59 Å². The molecule has 2 amide bonds. The molecule has 1 fully saturated rings. The minimum Gasteiger partial charge on any atom is -0.492 e. The Labute approximate surface area is 118 Å². The molecule has 1 aromatic carbocycles. The first-order valence-electron chi connectivity index (χ1n) is 6.73. The molecule has 1 heterocycles. The third-order valence-corrected chi connectivity index (χ3v) is 3.42. The molecule has 0 radical (unpaired) electrons. The summed E-state index contributed by atoms with van der Waals surface area (Å²) >= 11 is 0. The van der Waals surface area contributed by atoms with Gasteiger partial charge >= 0.3 is 0 Å². The van der Waals surface area contributed by atoms with Crippen LogP contribution in [-0.2, 0) is 9.59 Å². The maximum atomic E-state index is 12.3. The average molecular weight is 276 g/mol. The number of carbonyl (C=O) groups excluding carboxylic acids is 2. The summed E-state index contributed by atoms with van der Waals surface area (Å²) in [4.78, 5) is 25.7. The van der Waals surface area contributed by atoms with Crippen molar-refractivity contribution in [1.82, 2.24) is 10.2 Å². The van der Waals surface area contributed by atoms with Crippen molar-refractivity contribution in [2.75, 3.05) is 13.2 Å². The van der Waals surface area contributed by atoms with Crippen molar-refractivity contribution in [3.05, 3.63) is 30.3 Å². The Hall–Kier alpha value is -2.04. The maximum absolute atomic E-state index is 12.3. The number of piperazine rings is 1. The quantitative estimate of drug-likeness (QED) is 0.898. The molecule has 1 aromatic rings. The number of nitrogens with zero attached hydrogens (tertiary/aromatic N) is 1. The van der Waals surface area contributed by atoms with Gasteiger partial charge in [0.15, 0.2) is 0 Å². The van der Waals surface area contributed by atoms with Crippen LogP contribution in [0.3, 0.4) is 0 Å². The molecule has 5 nitrogen and oxygen atoms in total. The first-order chi connectivity index (χ1) is 9.42. The van der Waals surface area contributed by atoms with E-state index in [0.717, 1.165) is 5.75 Å². The van der Waals surface area contributed by atoms with Crippen LogP contribution in [0.4, 0.5) is 0 Å². The highest BCUT2D eigenvalue weighted by Crippen LogP contribution is 2.17. The van der Waals surface area contributed by atoms with Gasteiger partial charge in [-0.25, -0.2) is 0 Å². The third kappa shape index (κ3) is 2.92. The Kier molecular flexibility index (Phi) is 3.97. The second-order valence-corrected chi connectivity index (χ2v) is 5.45. The van der Waals surface area contributed by atoms with Crippen LogP contribution in [0, 0.1) is 0 Å². The second-order valence-electron chi connectivity index (χ2n) is 5.45. The van der Waals surface area contributed by atoms with E-state index in [2.05, 4.69) is 5.32 Å². The number of amides is 2. The topological polar surface area (TPSA) is 58.6 Å². The van der Waals surface area contributed by atoms with E-state index in [9.17, 15) is 9.59 Å². The number of hydrogen-bond acceptors (Lipinski definition) is 3. The van der Waals surface area contributed by atoms with Gasteiger partial charge in [0.1, 0.15) is 23.9 Å². The lowest BCUT2D eigenvalue weighted by Gasteiger charge is -2.41. The van der Waals surface area contributed by atoms with Crippen molar-refractivity contribution in [3.8, 4) is 5.75 Å². The smallest absolute Gasteiger partial charge is 0.248 e. The zero-order chi connectivity index (χ0) is 14.8. The van der Waals surface area contributed by atoms with Crippen molar-refractivity contribution in [2.45, 2.75) is 32.4 Å². The number of benzene rings is 1. The van der Waals surface area contributed by atoms with E-state index in [1.807, 2.05) is 30.3 Å². The lowest BCUT2D eigenvalue weighted by Crippen LogP contribution is -2.67. The molecule has 1 atom stereocenters. The first-order valence-corrected chi connectivity index (χ1v) is 6.73. The summed E-state index contributed by atoms with van der Waals surface area (Å²) in [5.74, 6) is 0.545. The lowest BCUT2D eigenvalue weighted by atomic mass is 9.97. The molecule has 1 saturated heterocycles. The van der Waals surface area contributed by atoms with E-state index in [0.29, 0.717) is 13.2 Å². The molecule has 0 spiro atoms. The number of nitrogens with one attached hydrogen (secondary N) is 1. The monoisotopic (exact) mass is 276 g/mol. The minimum absolute atomic E-state index is 0.0822. The van der Waals surface area contributed by atoms with E-state index >= 15 is 0 Å². The molecule has 0 saturated carbocycles. The van der Waals surface area contributed by atoms with Crippen molar-refractivity contribution < 1.29 is 14.3 Å². The van der Waals surface area contributed by atoms with Crippen LogP contribution >= 0.6 is 0 Å². The number of hydrogen-bond donors (Lipinski definition) is 1. The van der Waals surface area contributed by atoms with E-state index in [4.69, 9.17) is 4.74 Å². The fourth-order valence-electron chi connectivity index (χ4n) is 2.22. The fourth-order valence-corrected chi connectivity index (χ4v) is 2.22. The van der Waals surface area contributed by atoms with Crippen molar-refractivity contribution in [3.63, 3.8) is 0 Å². The van der Waals surface area contributed by atoms with Gasteiger partial charge in [-0.15, -0.1) is 0 Å². The normalized spacial score (nSPS) is 21.6. The van der Waals surface area contributed by atoms with E-state index in [1.165, 1.54) is 0 Å². The van der Waals surface area contributed by atoms with Gasteiger partial charge in [0.25, 0.3) is 0 Å². The Bertz CT molecular complexity index is 499. The third-order valence-electron chi connectivity index (χ3n) is 3.42. The summed E-state index contributed by atoms with van der Waals surface area (Å²) in [5.41, 5.74) is -0.851. The zero-order valence-corrected chi connectivity index (χ0v) is 12.1. The molecule has 0 aliphatic carbocycles. The Morgan fingerprint density at radius 1 is 1.25 bits per heavy atom. The maximum Gasteiger partial charge on any atom is 0.248 e. The summed E-state index contributed by atoms with van der Waals surface area (Å²) in [6.07, 6.45) is 0. The minimum atomic E-state index is -0.851. The van der Waals surface area contributed by atoms with Crippen molar-refractivity contribution in [2.24, 2.45) is 0 Å². The highest BCUT2D eigenvalue weighted by molar-refractivity contribution is 5.99. The van der Waals surface area contributed by atoms with Crippen LogP contribution in [-0.4, -0.2) is 41.4 Å². The van der Waals surface area contributed by atoms with E-state index in [1.54, 1.807) is 25.7 Å². The number of carbonyl (C=O) groups is 2. The van der Waals surface area contributed by atoms with Gasteiger partial charge in [-0.1, -0.05) is 18.2 Å². The Balaban J connectivity index is 1.96. The predicted molar refractivity (Wildman–Crippen MR) is 75.3 cm³/mol. The summed E-state index contributed by atoms with van der Waals surface area (Å²) < 4.78 is 5.58. The van der Waals surface area contributed by atoms with Crippen LogP contribution in [0.2, 0.25) is 0 Å². The molecule has 1 aliphatic heterocycles. The van der Waals surface area contributed by atoms with Crippen LogP contribution in [0.15, 0.2) is 30.3 Å². The molecule has 20 heavy (non-hydrogen) atoms. The number of ether oxygens (including phenoxy) is 1. The van der Waals surface area contributed by atoms with Crippen molar-refractivity contribution in [1.29, 1.82) is 0 Å². The van der Waals surface area contributed by atoms with Gasteiger partial charge in [0, 0.05) is 0 Å². The van der Waals surface area contributed by atoms with Crippen molar-refractivity contribution >= 4 is 11.8 Å². The Morgan fingerprint density at radius 2 is 1.90 bits per heavy atom. The zero-order valence-electron chi connectivity index (χ0n) is 12.1. The van der Waals surface area contributed by atoms with Gasteiger partial charge in [-0.05, 0) is 32.9 Å². The van der Waals surface area contributed by atoms with Gasteiger partial charge < -0.3 is 15.0 Å². The molecule has 108 valence electrons. The second kappa shape index (κ2) is 5.53. The SMILES string of the molecule is CC1C(=O)NC(C)(C)C(=O)N1CCOc1ccccc1. The van der Waals surface area contributed by atoms with Gasteiger partial charge in [-0.2, -0.15) is 0 Å². The molecule has 1 N–H and O–H groups in total. The molecule has 0 aromatic heterocycles. The number of rotatable bonds is 4. The van der Waals surface area contributed by atoms with Crippen LogP contribution < -0.4 is 10.1 Å². The largest absolute Gasteiger partial charge is 0.492 e. The van der Waals surface area contributed by atoms with E-state index < -0.39 is 11.6 Å². The highest BCUT2D eigenvalue weighted by atomic mass is 16.5. The van der Waals surface area contributed by atoms with Gasteiger partial charge in [0.05, 0.1) is 6.54 Å². The molecule has 0 bridgehead atoms.